The Hall–Kier alpha value is -2.57. The van der Waals surface area contributed by atoms with Crippen molar-refractivity contribution in [1.82, 2.24) is 5.32 Å². The van der Waals surface area contributed by atoms with Crippen molar-refractivity contribution in [2.75, 3.05) is 20.3 Å². The Bertz CT molecular complexity index is 599. The molecule has 7 nitrogen and oxygen atoms in total. The standard InChI is InChI=1S/C18H25NO6/c1-5-24-16-9-13(10-20)6-7-15(16)25-11-17(21)19-14(8-12(2)3)18(22)23-4/h6-7,9-10,12,14H,5,8,11H2,1-4H3,(H,19,21)/t14-/m1/s1. The number of esters is 1. The quantitative estimate of drug-likeness (QED) is 0.512. The van der Waals surface area contributed by atoms with E-state index in [1.54, 1.807) is 25.1 Å². The van der Waals surface area contributed by atoms with Gasteiger partial charge in [-0.25, -0.2) is 4.79 Å². The number of aldehydes is 1. The monoisotopic (exact) mass is 351 g/mol. The van der Waals surface area contributed by atoms with Crippen molar-refractivity contribution in [3.05, 3.63) is 23.8 Å². The third kappa shape index (κ3) is 6.82. The molecule has 0 aromatic heterocycles. The van der Waals surface area contributed by atoms with E-state index in [4.69, 9.17) is 14.2 Å². The van der Waals surface area contributed by atoms with Crippen LogP contribution in [0.2, 0.25) is 0 Å². The van der Waals surface area contributed by atoms with Crippen molar-refractivity contribution < 1.29 is 28.6 Å². The van der Waals surface area contributed by atoms with Crippen molar-refractivity contribution in [2.45, 2.75) is 33.2 Å². The van der Waals surface area contributed by atoms with Gasteiger partial charge in [0.15, 0.2) is 18.1 Å². The van der Waals surface area contributed by atoms with Crippen LogP contribution in [0.4, 0.5) is 0 Å². The summed E-state index contributed by atoms with van der Waals surface area (Å²) in [5.74, 6) is 0.00351. The summed E-state index contributed by atoms with van der Waals surface area (Å²) in [4.78, 5) is 34.7. The molecule has 0 bridgehead atoms. The first-order valence-electron chi connectivity index (χ1n) is 8.13. The normalized spacial score (nSPS) is 11.6. The van der Waals surface area contributed by atoms with Gasteiger partial charge in [0, 0.05) is 5.56 Å². The molecule has 1 amide bonds. The molecule has 0 saturated heterocycles. The minimum Gasteiger partial charge on any atom is -0.490 e. The number of benzene rings is 1. The maximum atomic E-state index is 12.1. The Morgan fingerprint density at radius 2 is 1.92 bits per heavy atom. The zero-order valence-corrected chi connectivity index (χ0v) is 15.0. The predicted molar refractivity (Wildman–Crippen MR) is 91.9 cm³/mol. The van der Waals surface area contributed by atoms with E-state index in [1.165, 1.54) is 7.11 Å². The number of carbonyl (C=O) groups excluding carboxylic acids is 3. The lowest BCUT2D eigenvalue weighted by Crippen LogP contribution is -2.44. The molecular formula is C18H25NO6. The lowest BCUT2D eigenvalue weighted by Gasteiger charge is -2.18. The summed E-state index contributed by atoms with van der Waals surface area (Å²) < 4.78 is 15.6. The molecule has 0 radical (unpaired) electrons. The average molecular weight is 351 g/mol. The molecule has 1 rings (SSSR count). The molecular weight excluding hydrogens is 326 g/mol. The zero-order chi connectivity index (χ0) is 18.8. The number of methoxy groups -OCH3 is 1. The highest BCUT2D eigenvalue weighted by atomic mass is 16.5. The lowest BCUT2D eigenvalue weighted by atomic mass is 10.0. The van der Waals surface area contributed by atoms with Gasteiger partial charge in [-0.2, -0.15) is 0 Å². The Kier molecular flexibility index (Phi) is 8.46. The van der Waals surface area contributed by atoms with E-state index in [0.29, 0.717) is 36.4 Å². The highest BCUT2D eigenvalue weighted by Crippen LogP contribution is 2.28. The Labute approximate surface area is 147 Å². The maximum Gasteiger partial charge on any atom is 0.328 e. The molecule has 1 aromatic carbocycles. The van der Waals surface area contributed by atoms with Gasteiger partial charge in [0.25, 0.3) is 5.91 Å². The van der Waals surface area contributed by atoms with Crippen LogP contribution in [0.25, 0.3) is 0 Å². The van der Waals surface area contributed by atoms with Crippen LogP contribution < -0.4 is 14.8 Å². The van der Waals surface area contributed by atoms with E-state index in [1.807, 2.05) is 13.8 Å². The minimum atomic E-state index is -0.718. The van der Waals surface area contributed by atoms with Gasteiger partial charge >= 0.3 is 5.97 Å². The summed E-state index contributed by atoms with van der Waals surface area (Å²) in [6.07, 6.45) is 1.17. The molecule has 0 unspecified atom stereocenters. The number of ether oxygens (including phenoxy) is 3. The lowest BCUT2D eigenvalue weighted by molar-refractivity contribution is -0.145. The van der Waals surface area contributed by atoms with E-state index in [9.17, 15) is 14.4 Å². The van der Waals surface area contributed by atoms with Crippen LogP contribution in [-0.2, 0) is 14.3 Å². The van der Waals surface area contributed by atoms with E-state index in [2.05, 4.69) is 5.32 Å². The van der Waals surface area contributed by atoms with Crippen LogP contribution in [0, 0.1) is 5.92 Å². The second-order valence-electron chi connectivity index (χ2n) is 5.82. The second kappa shape index (κ2) is 10.3. The molecule has 0 aliphatic heterocycles. The number of nitrogens with one attached hydrogen (secondary N) is 1. The fraction of sp³-hybridized carbons (Fsp3) is 0.500. The second-order valence-corrected chi connectivity index (χ2v) is 5.82. The van der Waals surface area contributed by atoms with E-state index >= 15 is 0 Å². The van der Waals surface area contributed by atoms with Crippen molar-refractivity contribution >= 4 is 18.2 Å². The molecule has 1 aromatic rings. The number of hydrogen-bond acceptors (Lipinski definition) is 6. The van der Waals surface area contributed by atoms with Crippen molar-refractivity contribution in [2.24, 2.45) is 5.92 Å². The first-order valence-corrected chi connectivity index (χ1v) is 8.13. The van der Waals surface area contributed by atoms with Crippen LogP contribution in [0.1, 0.15) is 37.6 Å². The number of hydrogen-bond donors (Lipinski definition) is 1. The Balaban J connectivity index is 2.71. The number of carbonyl (C=O) groups is 3. The van der Waals surface area contributed by atoms with Crippen LogP contribution in [-0.4, -0.2) is 44.5 Å². The molecule has 0 spiro atoms. The molecule has 138 valence electrons. The van der Waals surface area contributed by atoms with Crippen molar-refractivity contribution in [3.63, 3.8) is 0 Å². The summed E-state index contributed by atoms with van der Waals surface area (Å²) >= 11 is 0. The maximum absolute atomic E-state index is 12.1. The number of rotatable bonds is 10. The van der Waals surface area contributed by atoms with Crippen LogP contribution >= 0.6 is 0 Å². The zero-order valence-electron chi connectivity index (χ0n) is 15.0. The predicted octanol–water partition coefficient (Wildman–Crippen LogP) is 1.98. The molecule has 0 saturated carbocycles. The van der Waals surface area contributed by atoms with Gasteiger partial charge in [-0.1, -0.05) is 13.8 Å². The highest BCUT2D eigenvalue weighted by Gasteiger charge is 2.22. The third-order valence-corrected chi connectivity index (χ3v) is 3.29. The molecule has 0 fully saturated rings. The number of amides is 1. The van der Waals surface area contributed by atoms with Gasteiger partial charge in [-0.05, 0) is 37.5 Å². The van der Waals surface area contributed by atoms with Gasteiger partial charge in [0.2, 0.25) is 0 Å². The average Bonchev–Trinajstić information content (AvgIpc) is 2.59. The SMILES string of the molecule is CCOc1cc(C=O)ccc1OCC(=O)N[C@H](CC(C)C)C(=O)OC. The first-order chi connectivity index (χ1) is 11.9. The summed E-state index contributed by atoms with van der Waals surface area (Å²) in [6, 6.07) is 3.96. The summed E-state index contributed by atoms with van der Waals surface area (Å²) in [5, 5.41) is 2.61. The first kappa shape index (κ1) is 20.5. The van der Waals surface area contributed by atoms with Gasteiger partial charge in [0.1, 0.15) is 12.3 Å². The molecule has 0 aliphatic rings. The van der Waals surface area contributed by atoms with Crippen molar-refractivity contribution in [1.29, 1.82) is 0 Å². The Morgan fingerprint density at radius 1 is 1.20 bits per heavy atom. The summed E-state index contributed by atoms with van der Waals surface area (Å²) in [5.41, 5.74) is 0.447. The molecule has 7 heteroatoms. The van der Waals surface area contributed by atoms with Crippen LogP contribution in [0.5, 0.6) is 11.5 Å². The fourth-order valence-corrected chi connectivity index (χ4v) is 2.19. The smallest absolute Gasteiger partial charge is 0.328 e. The van der Waals surface area contributed by atoms with E-state index < -0.39 is 17.9 Å². The van der Waals surface area contributed by atoms with Crippen LogP contribution in [0.3, 0.4) is 0 Å². The van der Waals surface area contributed by atoms with Gasteiger partial charge in [-0.3, -0.25) is 9.59 Å². The van der Waals surface area contributed by atoms with E-state index in [-0.39, 0.29) is 12.5 Å². The fourth-order valence-electron chi connectivity index (χ4n) is 2.19. The summed E-state index contributed by atoms with van der Waals surface area (Å²) in [6.45, 7) is 5.80. The Morgan fingerprint density at radius 3 is 2.48 bits per heavy atom. The van der Waals surface area contributed by atoms with Crippen LogP contribution in [0.15, 0.2) is 18.2 Å². The van der Waals surface area contributed by atoms with Gasteiger partial charge < -0.3 is 19.5 Å². The molecule has 1 atom stereocenters. The molecule has 0 heterocycles. The molecule has 25 heavy (non-hydrogen) atoms. The topological polar surface area (TPSA) is 90.9 Å². The summed E-state index contributed by atoms with van der Waals surface area (Å²) in [7, 11) is 1.28. The van der Waals surface area contributed by atoms with E-state index in [0.717, 1.165) is 0 Å². The third-order valence-electron chi connectivity index (χ3n) is 3.29. The molecule has 0 aliphatic carbocycles. The van der Waals surface area contributed by atoms with Gasteiger partial charge in [0.05, 0.1) is 13.7 Å². The molecule has 1 N–H and O–H groups in total. The van der Waals surface area contributed by atoms with Crippen molar-refractivity contribution in [3.8, 4) is 11.5 Å². The largest absolute Gasteiger partial charge is 0.490 e. The van der Waals surface area contributed by atoms with Gasteiger partial charge in [-0.15, -0.1) is 0 Å². The highest BCUT2D eigenvalue weighted by molar-refractivity contribution is 5.85. The minimum absolute atomic E-state index is 0.214.